The maximum Gasteiger partial charge on any atom is 0.159 e. The molecule has 0 atom stereocenters. The molecule has 10 aromatic rings. The first-order chi connectivity index (χ1) is 24.8. The van der Waals surface area contributed by atoms with Crippen LogP contribution in [-0.4, -0.2) is 0 Å². The zero-order valence-electron chi connectivity index (χ0n) is 27.3. The van der Waals surface area contributed by atoms with Gasteiger partial charge in [0.05, 0.1) is 11.4 Å². The second-order valence-electron chi connectivity index (χ2n) is 12.9. The Morgan fingerprint density at radius 2 is 0.880 bits per heavy atom. The van der Waals surface area contributed by atoms with E-state index < -0.39 is 0 Å². The van der Waals surface area contributed by atoms with Gasteiger partial charge >= 0.3 is 0 Å². The molecule has 0 aliphatic rings. The molecule has 0 aliphatic heterocycles. The Kier molecular flexibility index (Phi) is 6.53. The molecule has 234 valence electrons. The van der Waals surface area contributed by atoms with Gasteiger partial charge in [0.2, 0.25) is 0 Å². The zero-order chi connectivity index (χ0) is 33.0. The van der Waals surface area contributed by atoms with Crippen LogP contribution in [-0.2, 0) is 0 Å². The SMILES string of the molecule is c1ccc(-c2cccc3c2oc2c(N(c4ccc(-c5cccc6ccccc56)cc4)c4cc5ccccc5c5ccccc45)cccc23)cc1. The molecule has 0 N–H and O–H groups in total. The molecule has 2 nitrogen and oxygen atoms in total. The maximum atomic E-state index is 6.99. The Morgan fingerprint density at radius 1 is 0.320 bits per heavy atom. The molecule has 0 radical (unpaired) electrons. The summed E-state index contributed by atoms with van der Waals surface area (Å²) in [6, 6.07) is 67.4. The molecule has 0 aliphatic carbocycles. The van der Waals surface area contributed by atoms with Gasteiger partial charge in [0.25, 0.3) is 0 Å². The van der Waals surface area contributed by atoms with E-state index in [1.54, 1.807) is 0 Å². The Hall–Kier alpha value is -6.64. The highest BCUT2D eigenvalue weighted by Crippen LogP contribution is 2.47. The van der Waals surface area contributed by atoms with Crippen molar-refractivity contribution < 1.29 is 4.42 Å². The van der Waals surface area contributed by atoms with Crippen LogP contribution in [0.4, 0.5) is 17.1 Å². The van der Waals surface area contributed by atoms with Crippen LogP contribution >= 0.6 is 0 Å². The van der Waals surface area contributed by atoms with Crippen molar-refractivity contribution in [3.8, 4) is 22.3 Å². The molecule has 1 aromatic heterocycles. The fourth-order valence-electron chi connectivity index (χ4n) is 7.72. The van der Waals surface area contributed by atoms with Crippen molar-refractivity contribution >= 4 is 71.3 Å². The number of fused-ring (bicyclic) bond motifs is 7. The van der Waals surface area contributed by atoms with Gasteiger partial charge in [-0.3, -0.25) is 0 Å². The van der Waals surface area contributed by atoms with E-state index in [-0.39, 0.29) is 0 Å². The molecule has 0 saturated heterocycles. The zero-order valence-corrected chi connectivity index (χ0v) is 27.3. The first-order valence-electron chi connectivity index (χ1n) is 17.1. The Labute approximate surface area is 290 Å². The number of furan rings is 1. The van der Waals surface area contributed by atoms with Crippen molar-refractivity contribution in [2.75, 3.05) is 4.90 Å². The lowest BCUT2D eigenvalue weighted by Crippen LogP contribution is -2.11. The summed E-state index contributed by atoms with van der Waals surface area (Å²) in [6.07, 6.45) is 0. The first kappa shape index (κ1) is 28.4. The molecule has 50 heavy (non-hydrogen) atoms. The smallest absolute Gasteiger partial charge is 0.159 e. The number of hydrogen-bond acceptors (Lipinski definition) is 2. The molecule has 0 bridgehead atoms. The van der Waals surface area contributed by atoms with Gasteiger partial charge in [0.15, 0.2) is 5.58 Å². The minimum Gasteiger partial charge on any atom is -0.453 e. The van der Waals surface area contributed by atoms with E-state index in [9.17, 15) is 0 Å². The summed E-state index contributed by atoms with van der Waals surface area (Å²) in [5, 5.41) is 9.54. The van der Waals surface area contributed by atoms with Gasteiger partial charge in [-0.05, 0) is 67.9 Å². The number of para-hydroxylation sites is 2. The van der Waals surface area contributed by atoms with Crippen molar-refractivity contribution in [1.29, 1.82) is 0 Å². The summed E-state index contributed by atoms with van der Waals surface area (Å²) in [5.41, 5.74) is 9.56. The number of hydrogen-bond donors (Lipinski definition) is 0. The lowest BCUT2D eigenvalue weighted by atomic mass is 9.97. The van der Waals surface area contributed by atoms with Gasteiger partial charge in [-0.25, -0.2) is 0 Å². The van der Waals surface area contributed by atoms with E-state index in [0.717, 1.165) is 50.1 Å². The van der Waals surface area contributed by atoms with Gasteiger partial charge < -0.3 is 9.32 Å². The molecule has 10 rings (SSSR count). The quantitative estimate of drug-likeness (QED) is 0.175. The van der Waals surface area contributed by atoms with Crippen LogP contribution in [0.2, 0.25) is 0 Å². The Morgan fingerprint density at radius 3 is 1.70 bits per heavy atom. The molecule has 0 spiro atoms. The average Bonchev–Trinajstić information content (AvgIpc) is 3.58. The lowest BCUT2D eigenvalue weighted by molar-refractivity contribution is 0.670. The summed E-state index contributed by atoms with van der Waals surface area (Å²) in [4.78, 5) is 2.38. The molecular weight excluding hydrogens is 607 g/mol. The molecule has 2 heteroatoms. The highest BCUT2D eigenvalue weighted by atomic mass is 16.3. The second-order valence-corrected chi connectivity index (χ2v) is 12.9. The van der Waals surface area contributed by atoms with Gasteiger partial charge in [-0.1, -0.05) is 164 Å². The third-order valence-electron chi connectivity index (χ3n) is 10.0. The molecule has 0 unspecified atom stereocenters. The topological polar surface area (TPSA) is 16.4 Å². The van der Waals surface area contributed by atoms with Crippen LogP contribution in [0.25, 0.3) is 76.5 Å². The highest BCUT2D eigenvalue weighted by molar-refractivity contribution is 6.17. The lowest BCUT2D eigenvalue weighted by Gasteiger charge is -2.28. The van der Waals surface area contributed by atoms with Crippen molar-refractivity contribution in [1.82, 2.24) is 0 Å². The van der Waals surface area contributed by atoms with Crippen molar-refractivity contribution in [3.05, 3.63) is 188 Å². The number of rotatable bonds is 5. The van der Waals surface area contributed by atoms with E-state index in [0.29, 0.717) is 0 Å². The second kappa shape index (κ2) is 11.5. The maximum absolute atomic E-state index is 6.99. The van der Waals surface area contributed by atoms with Crippen LogP contribution in [0.3, 0.4) is 0 Å². The first-order valence-corrected chi connectivity index (χ1v) is 17.1. The average molecular weight is 638 g/mol. The van der Waals surface area contributed by atoms with Gasteiger partial charge in [-0.2, -0.15) is 0 Å². The van der Waals surface area contributed by atoms with E-state index >= 15 is 0 Å². The summed E-state index contributed by atoms with van der Waals surface area (Å²) < 4.78 is 6.99. The number of anilines is 3. The van der Waals surface area contributed by atoms with Crippen molar-refractivity contribution in [2.45, 2.75) is 0 Å². The van der Waals surface area contributed by atoms with E-state index in [1.807, 2.05) is 0 Å². The Bertz CT molecular complexity index is 2860. The van der Waals surface area contributed by atoms with Crippen LogP contribution in [0.5, 0.6) is 0 Å². The van der Waals surface area contributed by atoms with Crippen molar-refractivity contribution in [3.63, 3.8) is 0 Å². The molecule has 9 aromatic carbocycles. The molecule has 0 fully saturated rings. The Balaban J connectivity index is 1.24. The monoisotopic (exact) mass is 637 g/mol. The fourth-order valence-corrected chi connectivity index (χ4v) is 7.72. The predicted octanol–water partition coefficient (Wildman–Crippen LogP) is 13.8. The van der Waals surface area contributed by atoms with Gasteiger partial charge in [-0.15, -0.1) is 0 Å². The molecule has 0 saturated carbocycles. The van der Waals surface area contributed by atoms with Gasteiger partial charge in [0.1, 0.15) is 5.58 Å². The van der Waals surface area contributed by atoms with Crippen LogP contribution < -0.4 is 4.90 Å². The minimum atomic E-state index is 0.862. The number of nitrogens with zero attached hydrogens (tertiary/aromatic N) is 1. The van der Waals surface area contributed by atoms with Crippen LogP contribution in [0.15, 0.2) is 192 Å². The normalized spacial score (nSPS) is 11.6. The van der Waals surface area contributed by atoms with Crippen LogP contribution in [0, 0.1) is 0 Å². The van der Waals surface area contributed by atoms with E-state index in [4.69, 9.17) is 4.42 Å². The fraction of sp³-hybridized carbons (Fsp3) is 0. The minimum absolute atomic E-state index is 0.862. The summed E-state index contributed by atoms with van der Waals surface area (Å²) >= 11 is 0. The van der Waals surface area contributed by atoms with E-state index in [1.165, 1.54) is 43.4 Å². The third-order valence-corrected chi connectivity index (χ3v) is 10.0. The molecule has 0 amide bonds. The summed E-state index contributed by atoms with van der Waals surface area (Å²) in [7, 11) is 0. The molecule has 1 heterocycles. The van der Waals surface area contributed by atoms with Crippen LogP contribution in [0.1, 0.15) is 0 Å². The third kappa shape index (κ3) is 4.50. The van der Waals surface area contributed by atoms with Crippen molar-refractivity contribution in [2.24, 2.45) is 0 Å². The predicted molar refractivity (Wildman–Crippen MR) is 212 cm³/mol. The largest absolute Gasteiger partial charge is 0.453 e. The van der Waals surface area contributed by atoms with E-state index in [2.05, 4.69) is 193 Å². The summed E-state index contributed by atoms with van der Waals surface area (Å²) in [5.74, 6) is 0. The van der Waals surface area contributed by atoms with Gasteiger partial charge in [0, 0.05) is 27.4 Å². The summed E-state index contributed by atoms with van der Waals surface area (Å²) in [6.45, 7) is 0. The standard InChI is InChI=1S/C48H31NO/c1-2-13-33(14-3-1)40-23-11-24-43-44-25-12-26-45(48(44)50-47(40)43)49(46-31-35-16-5-7-19-39(35)41-20-8-9-21-42(41)46)36-29-27-34(28-30-36)38-22-10-17-32-15-4-6-18-37(32)38/h1-31H. The molecular formula is C48H31NO. The highest BCUT2D eigenvalue weighted by Gasteiger charge is 2.23. The number of benzene rings is 9.